The lowest BCUT2D eigenvalue weighted by atomic mass is 10.0. The van der Waals surface area contributed by atoms with Crippen LogP contribution < -0.4 is 5.73 Å². The molecule has 3 N–H and O–H groups in total. The Morgan fingerprint density at radius 1 is 0.352 bits per heavy atom. The first-order chi connectivity index (χ1) is 43.3. The lowest BCUT2D eigenvalue weighted by Gasteiger charge is -2.19. The number of carbonyl (C=O) groups is 2. The summed E-state index contributed by atoms with van der Waals surface area (Å²) in [5.74, 6) is -0.832. The van der Waals surface area contributed by atoms with Crippen molar-refractivity contribution in [2.24, 2.45) is 5.73 Å². The van der Waals surface area contributed by atoms with Gasteiger partial charge in [0.15, 0.2) is 6.10 Å². The molecule has 2 atom stereocenters. The average molecular weight is 1250 g/mol. The van der Waals surface area contributed by atoms with Crippen molar-refractivity contribution in [3.05, 3.63) is 109 Å². The Morgan fingerprint density at radius 3 is 0.932 bits per heavy atom. The van der Waals surface area contributed by atoms with E-state index in [1.165, 1.54) is 205 Å². The van der Waals surface area contributed by atoms with Gasteiger partial charge in [-0.25, -0.2) is 4.57 Å². The van der Waals surface area contributed by atoms with Crippen molar-refractivity contribution in [3.8, 4) is 0 Å². The van der Waals surface area contributed by atoms with Gasteiger partial charge in [0, 0.05) is 19.4 Å². The molecule has 0 aromatic rings. The van der Waals surface area contributed by atoms with E-state index in [2.05, 4.69) is 123 Å². The number of hydrogen-bond donors (Lipinski definition) is 2. The zero-order valence-electron chi connectivity index (χ0n) is 57.2. The first kappa shape index (κ1) is 84.7. The molecule has 0 rings (SSSR count). The Hall–Kier alpha value is -3.33. The number of carbonyl (C=O) groups excluding carboxylic acids is 2. The fourth-order valence-corrected chi connectivity index (χ4v) is 11.3. The van der Waals surface area contributed by atoms with Gasteiger partial charge in [0.2, 0.25) is 0 Å². The molecule has 0 aliphatic heterocycles. The van der Waals surface area contributed by atoms with E-state index in [0.717, 1.165) is 103 Å². The minimum atomic E-state index is -4.40. The number of nitrogens with two attached hydrogens (primary N) is 1. The van der Waals surface area contributed by atoms with E-state index in [-0.39, 0.29) is 38.6 Å². The molecule has 0 fully saturated rings. The van der Waals surface area contributed by atoms with Crippen LogP contribution in [0.2, 0.25) is 0 Å². The molecule has 0 radical (unpaired) electrons. The molecule has 0 aliphatic carbocycles. The largest absolute Gasteiger partial charge is 0.472 e. The van der Waals surface area contributed by atoms with E-state index in [9.17, 15) is 19.0 Å². The normalized spacial score (nSPS) is 13.5. The Bertz CT molecular complexity index is 1810. The second-order valence-electron chi connectivity index (χ2n) is 24.4. The summed E-state index contributed by atoms with van der Waals surface area (Å²) < 4.78 is 33.2. The van der Waals surface area contributed by atoms with Crippen molar-refractivity contribution < 1.29 is 37.6 Å². The maximum atomic E-state index is 12.8. The fourth-order valence-electron chi connectivity index (χ4n) is 10.5. The molecule has 0 spiro atoms. The van der Waals surface area contributed by atoms with Crippen LogP contribution in [0.25, 0.3) is 0 Å². The third kappa shape index (κ3) is 71.7. The van der Waals surface area contributed by atoms with Gasteiger partial charge >= 0.3 is 19.8 Å². The number of phosphoric ester groups is 1. The van der Waals surface area contributed by atoms with Crippen molar-refractivity contribution >= 4 is 19.8 Å². The molecule has 2 unspecified atom stereocenters. The van der Waals surface area contributed by atoms with Crippen LogP contribution in [-0.2, 0) is 32.7 Å². The van der Waals surface area contributed by atoms with Crippen LogP contribution in [0.3, 0.4) is 0 Å². The second-order valence-corrected chi connectivity index (χ2v) is 25.9. The topological polar surface area (TPSA) is 134 Å². The van der Waals surface area contributed by atoms with Crippen molar-refractivity contribution in [2.75, 3.05) is 26.4 Å². The highest BCUT2D eigenvalue weighted by Crippen LogP contribution is 2.43. The van der Waals surface area contributed by atoms with Gasteiger partial charge in [-0.15, -0.1) is 0 Å². The van der Waals surface area contributed by atoms with Crippen LogP contribution in [0, 0.1) is 0 Å². The SMILES string of the molecule is CC/C=C\C/C=C\C/C=C\C/C=C\C/C=C\C/C=C\C/C=C\C/C=C\C/C=C\CCCCCCCCCC(=O)OC(COC(=O)CCCCCCCCCCCCCCCCCCCCCCCCCCCCCCCCCC)COP(=O)(O)OCCN. The lowest BCUT2D eigenvalue weighted by Crippen LogP contribution is -2.29. The van der Waals surface area contributed by atoms with E-state index < -0.39 is 26.5 Å². The zero-order chi connectivity index (χ0) is 63.7. The van der Waals surface area contributed by atoms with Gasteiger partial charge in [-0.2, -0.15) is 0 Å². The van der Waals surface area contributed by atoms with Gasteiger partial charge in [0.1, 0.15) is 6.61 Å². The monoisotopic (exact) mass is 1250 g/mol. The van der Waals surface area contributed by atoms with Crippen molar-refractivity contribution in [2.45, 2.75) is 347 Å². The molecular weight excluding hydrogens is 1110 g/mol. The molecule has 0 aromatic carbocycles. The van der Waals surface area contributed by atoms with Crippen LogP contribution >= 0.6 is 7.82 Å². The maximum Gasteiger partial charge on any atom is 0.472 e. The van der Waals surface area contributed by atoms with Gasteiger partial charge < -0.3 is 20.1 Å². The second kappa shape index (κ2) is 72.7. The van der Waals surface area contributed by atoms with Crippen LogP contribution in [-0.4, -0.2) is 49.3 Å². The van der Waals surface area contributed by atoms with E-state index in [4.69, 9.17) is 24.3 Å². The number of hydrogen-bond acceptors (Lipinski definition) is 8. The van der Waals surface area contributed by atoms with Crippen molar-refractivity contribution in [1.82, 2.24) is 0 Å². The van der Waals surface area contributed by atoms with Gasteiger partial charge in [-0.3, -0.25) is 18.6 Å². The molecule has 0 amide bonds. The molecule has 0 aliphatic rings. The first-order valence-corrected chi connectivity index (χ1v) is 38.4. The fraction of sp³-hybridized carbons (Fsp3) is 0.744. The minimum absolute atomic E-state index is 0.0479. The number of rotatable bonds is 69. The third-order valence-corrected chi connectivity index (χ3v) is 16.9. The quantitative estimate of drug-likeness (QED) is 0.0264. The molecule has 508 valence electrons. The summed E-state index contributed by atoms with van der Waals surface area (Å²) in [4.78, 5) is 35.4. The molecule has 9 nitrogen and oxygen atoms in total. The van der Waals surface area contributed by atoms with Crippen LogP contribution in [0.15, 0.2) is 109 Å². The molecule has 0 saturated carbocycles. The summed E-state index contributed by atoms with van der Waals surface area (Å²) in [7, 11) is -4.40. The number of allylic oxidation sites excluding steroid dienone is 18. The highest BCUT2D eigenvalue weighted by Gasteiger charge is 2.26. The number of phosphoric acid groups is 1. The predicted molar refractivity (Wildman–Crippen MR) is 381 cm³/mol. The number of unbranched alkanes of at least 4 members (excludes halogenated alkanes) is 38. The summed E-state index contributed by atoms with van der Waals surface area (Å²) in [5, 5.41) is 0. The molecule has 88 heavy (non-hydrogen) atoms. The molecular formula is C78H138NO8P. The summed E-state index contributed by atoms with van der Waals surface area (Å²) >= 11 is 0. The Labute approximate surface area is 543 Å². The molecule has 0 bridgehead atoms. The van der Waals surface area contributed by atoms with Crippen molar-refractivity contribution in [1.29, 1.82) is 0 Å². The summed E-state index contributed by atoms with van der Waals surface area (Å²) in [6, 6.07) is 0. The van der Waals surface area contributed by atoms with E-state index in [1.54, 1.807) is 0 Å². The van der Waals surface area contributed by atoms with Crippen LogP contribution in [0.5, 0.6) is 0 Å². The average Bonchev–Trinajstić information content (AvgIpc) is 3.62. The van der Waals surface area contributed by atoms with Gasteiger partial charge in [0.25, 0.3) is 0 Å². The minimum Gasteiger partial charge on any atom is -0.462 e. The number of esters is 2. The lowest BCUT2D eigenvalue weighted by molar-refractivity contribution is -0.161. The third-order valence-electron chi connectivity index (χ3n) is 15.9. The Balaban J connectivity index is 3.90. The Kier molecular flexibility index (Phi) is 70.0. The standard InChI is InChI=1S/C78H138NO8P/c1-3-5-7-9-11-13-15-17-19-21-23-25-27-29-31-33-35-37-38-39-41-43-45-47-49-51-53-55-57-59-61-63-65-67-69-71-78(81)87-76(75-86-88(82,83)85-73-72-79)74-84-77(80)70-68-66-64-62-60-58-56-54-52-50-48-46-44-42-40-36-34-32-30-28-26-24-22-20-18-16-14-12-10-8-6-4-2/h5,7,11,13,17,19,23,25,29,31,35,37,39,41,45,47,51,53,76H,3-4,6,8-10,12,14-16,18,20-22,24,26-28,30,32-34,36,38,40,42-44,46,48-50,52,54-75,79H2,1-2H3,(H,82,83)/b7-5-,13-11-,19-17-,25-23-,31-29-,37-35-,41-39-,47-45-,53-51-. The van der Waals surface area contributed by atoms with Crippen LogP contribution in [0.4, 0.5) is 0 Å². The van der Waals surface area contributed by atoms with E-state index in [1.807, 2.05) is 0 Å². The van der Waals surface area contributed by atoms with Gasteiger partial charge in [-0.05, 0) is 83.5 Å². The maximum absolute atomic E-state index is 12.8. The Morgan fingerprint density at radius 2 is 0.625 bits per heavy atom. The van der Waals surface area contributed by atoms with Gasteiger partial charge in [0.05, 0.1) is 13.2 Å². The van der Waals surface area contributed by atoms with E-state index >= 15 is 0 Å². The summed E-state index contributed by atoms with van der Waals surface area (Å²) in [6.45, 7) is 3.66. The van der Waals surface area contributed by atoms with Crippen molar-refractivity contribution in [3.63, 3.8) is 0 Å². The molecule has 0 saturated heterocycles. The highest BCUT2D eigenvalue weighted by molar-refractivity contribution is 7.47. The zero-order valence-corrected chi connectivity index (χ0v) is 58.1. The highest BCUT2D eigenvalue weighted by atomic mass is 31.2. The van der Waals surface area contributed by atoms with E-state index in [0.29, 0.717) is 6.42 Å². The predicted octanol–water partition coefficient (Wildman–Crippen LogP) is 24.5. The summed E-state index contributed by atoms with van der Waals surface area (Å²) in [5.41, 5.74) is 5.41. The summed E-state index contributed by atoms with van der Waals surface area (Å²) in [6.07, 6.45) is 101. The molecule has 0 heterocycles. The first-order valence-electron chi connectivity index (χ1n) is 36.9. The number of ether oxygens (including phenoxy) is 2. The smallest absolute Gasteiger partial charge is 0.462 e. The molecule has 10 heteroatoms. The van der Waals surface area contributed by atoms with Gasteiger partial charge in [-0.1, -0.05) is 354 Å². The molecule has 0 aromatic heterocycles. The van der Waals surface area contributed by atoms with Crippen LogP contribution in [0.1, 0.15) is 341 Å².